The third-order valence-electron chi connectivity index (χ3n) is 1.90. The van der Waals surface area contributed by atoms with Gasteiger partial charge >= 0.3 is 0 Å². The summed E-state index contributed by atoms with van der Waals surface area (Å²) in [5.41, 5.74) is 10.6. The highest BCUT2D eigenvalue weighted by Gasteiger charge is 2.01. The summed E-state index contributed by atoms with van der Waals surface area (Å²) < 4.78 is 10.1. The van der Waals surface area contributed by atoms with Gasteiger partial charge in [0.2, 0.25) is 0 Å². The molecule has 1 rings (SSSR count). The van der Waals surface area contributed by atoms with Crippen LogP contribution in [0.3, 0.4) is 0 Å². The predicted molar refractivity (Wildman–Crippen MR) is 63.7 cm³/mol. The molecule has 1 aromatic carbocycles. The maximum absolute atomic E-state index is 5.64. The van der Waals surface area contributed by atoms with E-state index in [0.717, 1.165) is 27.1 Å². The molecule has 15 heavy (non-hydrogen) atoms. The Morgan fingerprint density at radius 2 is 2.27 bits per heavy atom. The molecule has 0 spiro atoms. The summed E-state index contributed by atoms with van der Waals surface area (Å²) in [6, 6.07) is 5.71. The Kier molecular flexibility index (Phi) is 4.91. The third-order valence-corrected chi connectivity index (χ3v) is 2.15. The zero-order valence-electron chi connectivity index (χ0n) is 9.04. The normalized spacial score (nSPS) is 9.47. The van der Waals surface area contributed by atoms with E-state index >= 15 is 0 Å². The van der Waals surface area contributed by atoms with Crippen molar-refractivity contribution in [2.45, 2.75) is 6.54 Å². The van der Waals surface area contributed by atoms with E-state index in [0.29, 0.717) is 6.54 Å². The predicted octanol–water partition coefficient (Wildman–Crippen LogP) is -0.198. The van der Waals surface area contributed by atoms with Crippen molar-refractivity contribution in [2.24, 2.45) is 5.73 Å². The average molecular weight is 221 g/mol. The molecule has 1 aromatic rings. The molecule has 0 heterocycles. The number of hydrogen-bond donors (Lipinski definition) is 1. The van der Waals surface area contributed by atoms with Gasteiger partial charge in [-0.15, -0.1) is 5.54 Å². The van der Waals surface area contributed by atoms with Gasteiger partial charge in [0.15, 0.2) is 6.79 Å². The van der Waals surface area contributed by atoms with Gasteiger partial charge in [0.25, 0.3) is 0 Å². The first-order valence-corrected chi connectivity index (χ1v) is 5.69. The highest BCUT2D eigenvalue weighted by Crippen LogP contribution is 2.17. The number of benzene rings is 1. The average Bonchev–Trinajstić information content (AvgIpc) is 2.28. The summed E-state index contributed by atoms with van der Waals surface area (Å²) in [7, 11) is 2.46. The Balaban J connectivity index is 2.90. The van der Waals surface area contributed by atoms with Crippen LogP contribution in [0, 0.1) is 11.5 Å². The van der Waals surface area contributed by atoms with Crippen molar-refractivity contribution >= 4 is 10.2 Å². The van der Waals surface area contributed by atoms with Gasteiger partial charge in [-0.25, -0.2) is 0 Å². The molecule has 0 saturated heterocycles. The minimum Gasteiger partial charge on any atom is -0.468 e. The summed E-state index contributed by atoms with van der Waals surface area (Å²) >= 11 is 0. The standard InChI is InChI=1S/C11H15NO2Si/c1-13-8-14-11-3-2-9(4-5-15)10(6-11)7-12/h2-3,6H,7-8,12H2,1,15H3. The zero-order valence-corrected chi connectivity index (χ0v) is 11.0. The second kappa shape index (κ2) is 6.25. The van der Waals surface area contributed by atoms with Crippen molar-refractivity contribution in [2.75, 3.05) is 13.9 Å². The molecular formula is C11H15NO2Si. The Hall–Kier alpha value is -1.28. The number of rotatable bonds is 4. The van der Waals surface area contributed by atoms with E-state index in [1.54, 1.807) is 7.11 Å². The van der Waals surface area contributed by atoms with Crippen molar-refractivity contribution < 1.29 is 9.47 Å². The molecule has 0 aliphatic carbocycles. The van der Waals surface area contributed by atoms with Gasteiger partial charge < -0.3 is 15.2 Å². The highest BCUT2D eigenvalue weighted by molar-refractivity contribution is 6.22. The number of ether oxygens (including phenoxy) is 2. The fourth-order valence-corrected chi connectivity index (χ4v) is 1.48. The van der Waals surface area contributed by atoms with Crippen LogP contribution in [0.25, 0.3) is 0 Å². The number of nitrogens with two attached hydrogens (primary N) is 1. The van der Waals surface area contributed by atoms with Gasteiger partial charge in [-0.3, -0.25) is 0 Å². The molecule has 0 aliphatic heterocycles. The van der Waals surface area contributed by atoms with Gasteiger partial charge in [-0.05, 0) is 23.8 Å². The SMILES string of the molecule is COCOc1ccc(C#C[SiH3])c(CN)c1. The van der Waals surface area contributed by atoms with Crippen LogP contribution >= 0.6 is 0 Å². The van der Waals surface area contributed by atoms with Crippen molar-refractivity contribution in [3.63, 3.8) is 0 Å². The van der Waals surface area contributed by atoms with Crippen molar-refractivity contribution in [3.05, 3.63) is 29.3 Å². The van der Waals surface area contributed by atoms with E-state index in [1.807, 2.05) is 18.2 Å². The van der Waals surface area contributed by atoms with E-state index in [2.05, 4.69) is 11.5 Å². The summed E-state index contributed by atoms with van der Waals surface area (Å²) in [5.74, 6) is 3.82. The van der Waals surface area contributed by atoms with Gasteiger partial charge in [0.1, 0.15) is 5.75 Å². The van der Waals surface area contributed by atoms with Crippen LogP contribution < -0.4 is 10.5 Å². The zero-order chi connectivity index (χ0) is 11.1. The first kappa shape index (κ1) is 11.8. The molecule has 80 valence electrons. The molecule has 0 radical (unpaired) electrons. The minimum atomic E-state index is 0.246. The quantitative estimate of drug-likeness (QED) is 0.435. The fourth-order valence-electron chi connectivity index (χ4n) is 1.21. The first-order chi connectivity index (χ1) is 7.31. The lowest BCUT2D eigenvalue weighted by Gasteiger charge is -2.07. The first-order valence-electron chi connectivity index (χ1n) is 4.69. The van der Waals surface area contributed by atoms with Gasteiger partial charge in [0.05, 0.1) is 10.2 Å². The molecule has 0 saturated carbocycles. The smallest absolute Gasteiger partial charge is 0.188 e. The van der Waals surface area contributed by atoms with Crippen LogP contribution in [0.1, 0.15) is 11.1 Å². The molecule has 0 atom stereocenters. The number of methoxy groups -OCH3 is 1. The number of hydrogen-bond acceptors (Lipinski definition) is 3. The van der Waals surface area contributed by atoms with E-state index < -0.39 is 0 Å². The Morgan fingerprint density at radius 3 is 2.87 bits per heavy atom. The molecule has 0 unspecified atom stereocenters. The highest BCUT2D eigenvalue weighted by atomic mass is 28.1. The second-order valence-corrected chi connectivity index (χ2v) is 3.45. The Labute approximate surface area is 93.0 Å². The van der Waals surface area contributed by atoms with Gasteiger partial charge in [0, 0.05) is 19.2 Å². The maximum atomic E-state index is 5.64. The van der Waals surface area contributed by atoms with Crippen LogP contribution in [0.15, 0.2) is 18.2 Å². The molecule has 0 amide bonds. The third kappa shape index (κ3) is 3.40. The second-order valence-electron chi connectivity index (χ2n) is 2.95. The van der Waals surface area contributed by atoms with Gasteiger partial charge in [-0.2, -0.15) is 0 Å². The maximum Gasteiger partial charge on any atom is 0.188 e. The van der Waals surface area contributed by atoms with Crippen LogP contribution in [0.2, 0.25) is 0 Å². The van der Waals surface area contributed by atoms with Crippen LogP contribution in [-0.2, 0) is 11.3 Å². The summed E-state index contributed by atoms with van der Waals surface area (Å²) in [4.78, 5) is 0. The fraction of sp³-hybridized carbons (Fsp3) is 0.273. The van der Waals surface area contributed by atoms with E-state index in [1.165, 1.54) is 0 Å². The van der Waals surface area contributed by atoms with Crippen LogP contribution in [0.5, 0.6) is 5.75 Å². The van der Waals surface area contributed by atoms with E-state index in [4.69, 9.17) is 15.2 Å². The van der Waals surface area contributed by atoms with Crippen molar-refractivity contribution in [1.29, 1.82) is 0 Å². The largest absolute Gasteiger partial charge is 0.468 e. The Morgan fingerprint density at radius 1 is 1.47 bits per heavy atom. The molecule has 3 nitrogen and oxygen atoms in total. The van der Waals surface area contributed by atoms with E-state index in [-0.39, 0.29) is 6.79 Å². The topological polar surface area (TPSA) is 44.5 Å². The molecule has 2 N–H and O–H groups in total. The molecule has 0 bridgehead atoms. The summed E-state index contributed by atoms with van der Waals surface area (Å²) in [6.45, 7) is 0.714. The van der Waals surface area contributed by atoms with E-state index in [9.17, 15) is 0 Å². The Bertz CT molecular complexity index is 382. The molecular weight excluding hydrogens is 206 g/mol. The molecule has 0 aliphatic rings. The molecule has 0 aromatic heterocycles. The lowest BCUT2D eigenvalue weighted by atomic mass is 10.1. The lowest BCUT2D eigenvalue weighted by Crippen LogP contribution is -2.03. The van der Waals surface area contributed by atoms with Crippen molar-refractivity contribution in [1.82, 2.24) is 0 Å². The monoisotopic (exact) mass is 221 g/mol. The molecule has 0 fully saturated rings. The molecule has 4 heteroatoms. The summed E-state index contributed by atoms with van der Waals surface area (Å²) in [6.07, 6.45) is 0. The van der Waals surface area contributed by atoms with Crippen LogP contribution in [0.4, 0.5) is 0 Å². The minimum absolute atomic E-state index is 0.246. The van der Waals surface area contributed by atoms with Crippen molar-refractivity contribution in [3.8, 4) is 17.2 Å². The van der Waals surface area contributed by atoms with Gasteiger partial charge in [-0.1, -0.05) is 5.92 Å². The lowest BCUT2D eigenvalue weighted by molar-refractivity contribution is 0.0511. The summed E-state index contributed by atoms with van der Waals surface area (Å²) in [5, 5.41) is 0. The van der Waals surface area contributed by atoms with Crippen LogP contribution in [-0.4, -0.2) is 24.1 Å².